The van der Waals surface area contributed by atoms with Crippen LogP contribution in [0.2, 0.25) is 0 Å². The molecule has 2 aromatic heterocycles. The van der Waals surface area contributed by atoms with Gasteiger partial charge in [0.05, 0.1) is 28.1 Å². The molecule has 0 bridgehead atoms. The predicted octanol–water partition coefficient (Wildman–Crippen LogP) is 11.4. The topological polar surface area (TPSA) is 67.6 Å². The lowest BCUT2D eigenvalue weighted by Gasteiger charge is -2.34. The van der Waals surface area contributed by atoms with Crippen LogP contribution < -0.4 is 5.73 Å². The number of aryl methyl sites for hydroxylation is 1. The number of para-hydroxylation sites is 2. The van der Waals surface area contributed by atoms with Crippen molar-refractivity contribution in [3.63, 3.8) is 0 Å². The molecule has 1 aliphatic rings. The van der Waals surface area contributed by atoms with Crippen LogP contribution >= 0.6 is 11.3 Å². The molecule has 9 aromatic rings. The Bertz CT molecular complexity index is 2890. The van der Waals surface area contributed by atoms with Gasteiger partial charge in [-0.1, -0.05) is 104 Å². The minimum atomic E-state index is -0.563. The second-order valence-electron chi connectivity index (χ2n) is 13.5. The number of imidazole rings is 1. The average molecular weight is 685 g/mol. The van der Waals surface area contributed by atoms with Crippen LogP contribution in [-0.2, 0) is 11.8 Å². The van der Waals surface area contributed by atoms with Crippen molar-refractivity contribution in [1.29, 1.82) is 5.26 Å². The zero-order valence-electron chi connectivity index (χ0n) is 28.5. The van der Waals surface area contributed by atoms with E-state index in [-0.39, 0.29) is 0 Å². The molecule has 4 nitrogen and oxygen atoms in total. The number of nitrogens with zero attached hydrogens (tertiary/aromatic N) is 3. The fourth-order valence-electron chi connectivity index (χ4n) is 8.65. The number of rotatable bonds is 5. The first-order valence-electron chi connectivity index (χ1n) is 17.6. The van der Waals surface area contributed by atoms with E-state index in [0.717, 1.165) is 44.8 Å². The van der Waals surface area contributed by atoms with Crippen molar-refractivity contribution in [1.82, 2.24) is 9.55 Å². The van der Waals surface area contributed by atoms with E-state index in [9.17, 15) is 5.26 Å². The quantitative estimate of drug-likeness (QED) is 0.184. The Balaban J connectivity index is 1.29. The molecule has 0 radical (unpaired) electrons. The Kier molecular flexibility index (Phi) is 6.73. The molecule has 1 aliphatic carbocycles. The van der Waals surface area contributed by atoms with Gasteiger partial charge in [-0.2, -0.15) is 5.26 Å². The lowest BCUT2D eigenvalue weighted by molar-refractivity contribution is 0.768. The first kappa shape index (κ1) is 30.4. The number of thiophene rings is 1. The summed E-state index contributed by atoms with van der Waals surface area (Å²) in [5.74, 6) is 1.05. The van der Waals surface area contributed by atoms with Crippen molar-refractivity contribution in [3.05, 3.63) is 185 Å². The Morgan fingerprint density at radius 3 is 2.21 bits per heavy atom. The predicted molar refractivity (Wildman–Crippen MR) is 215 cm³/mol. The van der Waals surface area contributed by atoms with Gasteiger partial charge in [0.1, 0.15) is 5.82 Å². The monoisotopic (exact) mass is 684 g/mol. The van der Waals surface area contributed by atoms with Crippen LogP contribution in [0.25, 0.3) is 59.1 Å². The fourth-order valence-corrected chi connectivity index (χ4v) is 9.83. The molecule has 2 N–H and O–H groups in total. The highest BCUT2D eigenvalue weighted by molar-refractivity contribution is 7.26. The molecular formula is C47H32N4S. The van der Waals surface area contributed by atoms with Crippen molar-refractivity contribution in [2.45, 2.75) is 18.8 Å². The molecule has 246 valence electrons. The molecule has 0 aliphatic heterocycles. The van der Waals surface area contributed by atoms with Crippen LogP contribution in [0, 0.1) is 11.3 Å². The number of hydrogen-bond acceptors (Lipinski definition) is 4. The number of hydrogen-bond donors (Lipinski definition) is 1. The standard InChI is InChI=1S/C47H32N4S/c1-2-43-50-39-14-8-9-15-40(39)51(43)34-22-18-32(19-23-34)47(31-10-4-3-5-11-31)37-13-7-6-12-35(37)44-38(47)24-25-41-46(44)45-36(30-16-20-33(49)21-17-30)26-29(28-48)27-42(45)52-41/h3-27H,2,49H2,1H3. The van der Waals surface area contributed by atoms with Crippen molar-refractivity contribution in [2.24, 2.45) is 0 Å². The summed E-state index contributed by atoms with van der Waals surface area (Å²) in [5, 5.41) is 12.5. The first-order chi connectivity index (χ1) is 25.6. The lowest BCUT2D eigenvalue weighted by Crippen LogP contribution is -2.28. The molecule has 0 saturated carbocycles. The lowest BCUT2D eigenvalue weighted by atomic mass is 9.67. The highest BCUT2D eigenvalue weighted by Gasteiger charge is 2.47. The minimum absolute atomic E-state index is 0.563. The van der Waals surface area contributed by atoms with Gasteiger partial charge in [-0.3, -0.25) is 4.57 Å². The average Bonchev–Trinajstić information content (AvgIpc) is 3.86. The van der Waals surface area contributed by atoms with E-state index < -0.39 is 5.41 Å². The van der Waals surface area contributed by atoms with Crippen LogP contribution in [0.1, 0.15) is 40.6 Å². The Morgan fingerprint density at radius 1 is 0.692 bits per heavy atom. The zero-order chi connectivity index (χ0) is 35.0. The van der Waals surface area contributed by atoms with Crippen LogP contribution in [0.3, 0.4) is 0 Å². The van der Waals surface area contributed by atoms with Gasteiger partial charge in [0.15, 0.2) is 0 Å². The third-order valence-corrected chi connectivity index (χ3v) is 11.9. The maximum atomic E-state index is 10.1. The maximum Gasteiger partial charge on any atom is 0.114 e. The van der Waals surface area contributed by atoms with E-state index in [2.05, 4.69) is 145 Å². The summed E-state index contributed by atoms with van der Waals surface area (Å²) in [7, 11) is 0. The highest BCUT2D eigenvalue weighted by Crippen LogP contribution is 2.59. The molecule has 2 heterocycles. The largest absolute Gasteiger partial charge is 0.399 e. The molecule has 0 saturated heterocycles. The van der Waals surface area contributed by atoms with Gasteiger partial charge in [0, 0.05) is 38.0 Å². The van der Waals surface area contributed by atoms with Crippen molar-refractivity contribution >= 4 is 48.2 Å². The molecule has 10 rings (SSSR count). The smallest absolute Gasteiger partial charge is 0.114 e. The van der Waals surface area contributed by atoms with Crippen molar-refractivity contribution < 1.29 is 0 Å². The number of nitrogen functional groups attached to an aromatic ring is 1. The normalized spacial score (nSPS) is 14.8. The van der Waals surface area contributed by atoms with Crippen LogP contribution in [0.4, 0.5) is 5.69 Å². The van der Waals surface area contributed by atoms with Gasteiger partial charge < -0.3 is 5.73 Å². The number of nitrogens with two attached hydrogens (primary N) is 1. The fraction of sp³-hybridized carbons (Fsp3) is 0.0638. The second kappa shape index (κ2) is 11.5. The summed E-state index contributed by atoms with van der Waals surface area (Å²) in [6, 6.07) is 56.5. The van der Waals surface area contributed by atoms with Crippen LogP contribution in [0.5, 0.6) is 0 Å². The summed E-state index contributed by atoms with van der Waals surface area (Å²) >= 11 is 1.76. The third kappa shape index (κ3) is 4.22. The summed E-state index contributed by atoms with van der Waals surface area (Å²) in [6.07, 6.45) is 0.837. The maximum absolute atomic E-state index is 10.1. The molecule has 52 heavy (non-hydrogen) atoms. The van der Waals surface area contributed by atoms with E-state index in [1.807, 2.05) is 24.3 Å². The summed E-state index contributed by atoms with van der Waals surface area (Å²) in [6.45, 7) is 2.16. The van der Waals surface area contributed by atoms with Crippen molar-refractivity contribution in [3.8, 4) is 34.0 Å². The van der Waals surface area contributed by atoms with Gasteiger partial charge in [-0.05, 0) is 99.1 Å². The summed E-state index contributed by atoms with van der Waals surface area (Å²) in [4.78, 5) is 4.96. The Morgan fingerprint density at radius 2 is 1.42 bits per heavy atom. The highest BCUT2D eigenvalue weighted by atomic mass is 32.1. The number of benzene rings is 7. The van der Waals surface area contributed by atoms with Gasteiger partial charge in [-0.15, -0.1) is 11.3 Å². The number of anilines is 1. The molecule has 0 amide bonds. The van der Waals surface area contributed by atoms with Crippen LogP contribution in [0.15, 0.2) is 152 Å². The Hall–Kier alpha value is -6.48. The van der Waals surface area contributed by atoms with E-state index >= 15 is 0 Å². The van der Waals surface area contributed by atoms with E-state index in [1.54, 1.807) is 11.3 Å². The van der Waals surface area contributed by atoms with Crippen LogP contribution in [-0.4, -0.2) is 9.55 Å². The number of aromatic nitrogens is 2. The number of nitriles is 1. The summed E-state index contributed by atoms with van der Waals surface area (Å²) < 4.78 is 4.60. The SMILES string of the molecule is CCc1nc2ccccc2n1-c1ccc(C2(c3ccccc3)c3ccccc3-c3c2ccc2sc4cc(C#N)cc(-c5ccc(N)cc5)c4c32)cc1. The second-order valence-corrected chi connectivity index (χ2v) is 14.6. The molecule has 7 aromatic carbocycles. The third-order valence-electron chi connectivity index (χ3n) is 10.8. The van der Waals surface area contributed by atoms with E-state index in [4.69, 9.17) is 10.7 Å². The molecular weight excluding hydrogens is 653 g/mol. The molecule has 0 spiro atoms. The van der Waals surface area contributed by atoms with Gasteiger partial charge in [0.2, 0.25) is 0 Å². The van der Waals surface area contributed by atoms with Gasteiger partial charge in [-0.25, -0.2) is 4.98 Å². The van der Waals surface area contributed by atoms with E-state index in [1.165, 1.54) is 48.9 Å². The Labute approximate surface area is 305 Å². The van der Waals surface area contributed by atoms with Crippen molar-refractivity contribution in [2.75, 3.05) is 5.73 Å². The molecule has 1 unspecified atom stereocenters. The molecule has 0 fully saturated rings. The first-order valence-corrected chi connectivity index (χ1v) is 18.4. The number of fused-ring (bicyclic) bond motifs is 8. The van der Waals surface area contributed by atoms with Gasteiger partial charge >= 0.3 is 0 Å². The summed E-state index contributed by atoms with van der Waals surface area (Å²) in [5.41, 5.74) is 19.7. The molecule has 1 atom stereocenters. The minimum Gasteiger partial charge on any atom is -0.399 e. The van der Waals surface area contributed by atoms with E-state index in [0.29, 0.717) is 11.3 Å². The van der Waals surface area contributed by atoms with Gasteiger partial charge in [0.25, 0.3) is 0 Å². The molecule has 5 heteroatoms. The zero-order valence-corrected chi connectivity index (χ0v) is 29.3.